The molecule has 37 heavy (non-hydrogen) atoms. The minimum absolute atomic E-state index is 0.0412. The number of amides is 2. The Morgan fingerprint density at radius 3 is 2.84 bits per heavy atom. The maximum absolute atomic E-state index is 13.6. The molecule has 194 valence electrons. The third kappa shape index (κ3) is 4.61. The van der Waals surface area contributed by atoms with E-state index in [9.17, 15) is 9.59 Å². The molecule has 1 N–H and O–H groups in total. The normalized spacial score (nSPS) is 16.5. The molecule has 2 aliphatic heterocycles. The van der Waals surface area contributed by atoms with Crippen LogP contribution in [0.15, 0.2) is 24.3 Å². The Balaban J connectivity index is 1.49. The van der Waals surface area contributed by atoms with E-state index in [0.717, 1.165) is 36.6 Å². The number of hydrogen-bond acceptors (Lipinski definition) is 8. The Labute approximate surface area is 215 Å². The fourth-order valence-electron chi connectivity index (χ4n) is 4.69. The van der Waals surface area contributed by atoms with Crippen molar-refractivity contribution < 1.29 is 14.3 Å². The Bertz CT molecular complexity index is 1350. The molecule has 0 bridgehead atoms. The number of fused-ring (bicyclic) bond motifs is 2. The zero-order chi connectivity index (χ0) is 26.3. The smallest absolute Gasteiger partial charge is 0.407 e. The lowest BCUT2D eigenvalue weighted by atomic mass is 10.0. The summed E-state index contributed by atoms with van der Waals surface area (Å²) in [6.45, 7) is 7.41. The van der Waals surface area contributed by atoms with E-state index in [1.165, 1.54) is 7.05 Å². The fourth-order valence-corrected chi connectivity index (χ4v) is 4.69. The van der Waals surface area contributed by atoms with Crippen molar-refractivity contribution >= 4 is 23.6 Å². The second-order valence-electron chi connectivity index (χ2n) is 9.95. The van der Waals surface area contributed by atoms with E-state index in [4.69, 9.17) is 14.7 Å². The number of alkyl carbamates (subject to hydrolysis) is 1. The Morgan fingerprint density at radius 1 is 1.27 bits per heavy atom. The molecular formula is C26H32N8O3. The number of aromatic nitrogens is 5. The molecule has 0 aliphatic carbocycles. The Kier molecular flexibility index (Phi) is 6.53. The van der Waals surface area contributed by atoms with Crippen molar-refractivity contribution in [3.63, 3.8) is 0 Å². The maximum atomic E-state index is 13.6. The highest BCUT2D eigenvalue weighted by Crippen LogP contribution is 2.33. The van der Waals surface area contributed by atoms with E-state index in [-0.39, 0.29) is 25.1 Å². The Morgan fingerprint density at radius 2 is 2.08 bits per heavy atom. The summed E-state index contributed by atoms with van der Waals surface area (Å²) in [7, 11) is 3.42. The van der Waals surface area contributed by atoms with Crippen LogP contribution in [0, 0.1) is 5.92 Å². The van der Waals surface area contributed by atoms with E-state index < -0.39 is 6.09 Å². The molecular weight excluding hydrogens is 472 g/mol. The van der Waals surface area contributed by atoms with Gasteiger partial charge in [-0.3, -0.25) is 9.69 Å². The summed E-state index contributed by atoms with van der Waals surface area (Å²) in [5, 5.41) is 11.2. The number of hydrogen-bond donors (Lipinski definition) is 1. The summed E-state index contributed by atoms with van der Waals surface area (Å²) in [5.41, 5.74) is 2.50. The monoisotopic (exact) mass is 504 g/mol. The van der Waals surface area contributed by atoms with Crippen LogP contribution in [-0.2, 0) is 30.9 Å². The van der Waals surface area contributed by atoms with Crippen LogP contribution in [0.1, 0.15) is 54.6 Å². The number of nitrogens with one attached hydrogen (secondary N) is 1. The summed E-state index contributed by atoms with van der Waals surface area (Å²) in [5.74, 6) is 3.23. The number of rotatable bonds is 6. The lowest BCUT2D eigenvalue weighted by molar-refractivity contribution is 0.0996. The molecule has 5 heterocycles. The van der Waals surface area contributed by atoms with E-state index in [1.54, 1.807) is 11.0 Å². The largest absolute Gasteiger partial charge is 0.443 e. The molecule has 11 nitrogen and oxygen atoms in total. The van der Waals surface area contributed by atoms with Crippen molar-refractivity contribution in [3.05, 3.63) is 46.9 Å². The minimum atomic E-state index is -0.556. The molecule has 11 heteroatoms. The first-order valence-electron chi connectivity index (χ1n) is 12.6. The van der Waals surface area contributed by atoms with Gasteiger partial charge < -0.3 is 19.5 Å². The third-order valence-corrected chi connectivity index (χ3v) is 7.09. The molecule has 0 aromatic carbocycles. The highest BCUT2D eigenvalue weighted by molar-refractivity contribution is 6.10. The van der Waals surface area contributed by atoms with Crippen molar-refractivity contribution in [2.24, 2.45) is 5.92 Å². The second-order valence-corrected chi connectivity index (χ2v) is 9.95. The molecule has 0 spiro atoms. The molecule has 1 unspecified atom stereocenters. The lowest BCUT2D eigenvalue weighted by Crippen LogP contribution is -2.27. The topological polar surface area (TPSA) is 118 Å². The molecule has 0 saturated carbocycles. The van der Waals surface area contributed by atoms with Crippen LogP contribution in [-0.4, -0.2) is 56.9 Å². The molecule has 0 fully saturated rings. The summed E-state index contributed by atoms with van der Waals surface area (Å²) < 4.78 is 7.44. The number of aryl methyl sites for hydroxylation is 1. The van der Waals surface area contributed by atoms with Gasteiger partial charge in [-0.15, -0.1) is 10.2 Å². The average molecular weight is 505 g/mol. The first kappa shape index (κ1) is 24.7. The highest BCUT2D eigenvalue weighted by atomic mass is 16.5. The highest BCUT2D eigenvalue weighted by Gasteiger charge is 2.34. The van der Waals surface area contributed by atoms with E-state index >= 15 is 0 Å². The number of carbonyl (C=O) groups is 2. The van der Waals surface area contributed by atoms with Crippen molar-refractivity contribution in [3.8, 4) is 11.5 Å². The molecule has 5 rings (SSSR count). The predicted molar refractivity (Wildman–Crippen MR) is 138 cm³/mol. The van der Waals surface area contributed by atoms with Gasteiger partial charge in [-0.05, 0) is 44.4 Å². The van der Waals surface area contributed by atoms with Gasteiger partial charge in [0.1, 0.15) is 29.8 Å². The van der Waals surface area contributed by atoms with Crippen molar-refractivity contribution in [2.75, 3.05) is 23.9 Å². The number of anilines is 2. The first-order chi connectivity index (χ1) is 17.8. The predicted octanol–water partition coefficient (Wildman–Crippen LogP) is 3.18. The van der Waals surface area contributed by atoms with Crippen LogP contribution in [0.4, 0.5) is 16.4 Å². The molecule has 0 saturated heterocycles. The third-order valence-electron chi connectivity index (χ3n) is 7.09. The van der Waals surface area contributed by atoms with Gasteiger partial charge >= 0.3 is 6.09 Å². The minimum Gasteiger partial charge on any atom is -0.443 e. The number of pyridine rings is 2. The molecule has 3 aromatic rings. The molecule has 2 aliphatic rings. The average Bonchev–Trinajstić information content (AvgIpc) is 3.47. The van der Waals surface area contributed by atoms with Gasteiger partial charge in [-0.25, -0.2) is 14.8 Å². The van der Waals surface area contributed by atoms with Gasteiger partial charge in [-0.1, -0.05) is 13.0 Å². The summed E-state index contributed by atoms with van der Waals surface area (Å²) >= 11 is 0. The van der Waals surface area contributed by atoms with Crippen molar-refractivity contribution in [1.82, 2.24) is 30.0 Å². The number of nitrogens with zero attached hydrogens (tertiary/aromatic N) is 7. The number of ether oxygens (including phenoxy) is 1. The van der Waals surface area contributed by atoms with E-state index in [1.807, 2.05) is 44.0 Å². The van der Waals surface area contributed by atoms with Crippen molar-refractivity contribution in [2.45, 2.75) is 59.4 Å². The second kappa shape index (κ2) is 9.79. The van der Waals surface area contributed by atoms with Crippen LogP contribution in [0.3, 0.4) is 0 Å². The summed E-state index contributed by atoms with van der Waals surface area (Å²) in [6, 6.07) is 7.57. The van der Waals surface area contributed by atoms with Crippen molar-refractivity contribution in [1.29, 1.82) is 0 Å². The van der Waals surface area contributed by atoms with Crippen LogP contribution in [0.25, 0.3) is 11.5 Å². The van der Waals surface area contributed by atoms with Gasteiger partial charge in [0.15, 0.2) is 5.82 Å². The van der Waals surface area contributed by atoms with Gasteiger partial charge in [0.05, 0.1) is 17.8 Å². The van der Waals surface area contributed by atoms with E-state index in [2.05, 4.69) is 27.0 Å². The summed E-state index contributed by atoms with van der Waals surface area (Å²) in [6.07, 6.45) is 1.44. The van der Waals surface area contributed by atoms with Gasteiger partial charge in [0.25, 0.3) is 5.91 Å². The van der Waals surface area contributed by atoms with Crippen LogP contribution >= 0.6 is 0 Å². The zero-order valence-electron chi connectivity index (χ0n) is 21.9. The fraction of sp³-hybridized carbons (Fsp3) is 0.462. The lowest BCUT2D eigenvalue weighted by Gasteiger charge is -2.23. The Hall–Kier alpha value is -4.02. The first-order valence-corrected chi connectivity index (χ1v) is 12.6. The summed E-state index contributed by atoms with van der Waals surface area (Å²) in [4.78, 5) is 38.6. The molecule has 0 radical (unpaired) electrons. The van der Waals surface area contributed by atoms with Gasteiger partial charge in [0.2, 0.25) is 0 Å². The SMILES string of the molecule is CNC(=O)OCc1nc(N(C)C(C)C)cc2c1CN(c1cccc(-c3nnc4n3CC(C)CC4)n1)C2=O. The quantitative estimate of drug-likeness (QED) is 0.544. The zero-order valence-corrected chi connectivity index (χ0v) is 21.9. The molecule has 3 aromatic heterocycles. The molecule has 2 amide bonds. The molecule has 1 atom stereocenters. The van der Waals surface area contributed by atoms with E-state index in [0.29, 0.717) is 34.5 Å². The number of carbonyl (C=O) groups excluding carboxylic acids is 2. The van der Waals surface area contributed by atoms with Gasteiger partial charge in [0, 0.05) is 38.7 Å². The van der Waals surface area contributed by atoms with Crippen LogP contribution < -0.4 is 15.1 Å². The van der Waals surface area contributed by atoms with Crippen LogP contribution in [0.2, 0.25) is 0 Å². The van der Waals surface area contributed by atoms with Gasteiger partial charge in [-0.2, -0.15) is 0 Å². The standard InChI is InChI=1S/C26H32N8O3/c1-15(2)32(5)23-11-17-18(20(29-23)14-37-26(36)27-4)13-34(25(17)35)21-8-6-7-19(28-21)24-31-30-22-10-9-16(3)12-33(22)24/h6-8,11,15-16H,9-10,12-14H2,1-5H3,(H,27,36). The maximum Gasteiger partial charge on any atom is 0.407 e. The van der Waals surface area contributed by atoms with Crippen LogP contribution in [0.5, 0.6) is 0 Å².